The van der Waals surface area contributed by atoms with Gasteiger partial charge in [-0.2, -0.15) is 5.10 Å². The first-order valence-electron chi connectivity index (χ1n) is 7.07. The van der Waals surface area contributed by atoms with Crippen molar-refractivity contribution in [2.45, 2.75) is 33.7 Å². The first kappa shape index (κ1) is 17.2. The van der Waals surface area contributed by atoms with Crippen molar-refractivity contribution in [3.63, 3.8) is 0 Å². The first-order chi connectivity index (χ1) is 9.79. The Morgan fingerprint density at radius 2 is 2.00 bits per heavy atom. The van der Waals surface area contributed by atoms with Gasteiger partial charge >= 0.3 is 5.97 Å². The summed E-state index contributed by atoms with van der Waals surface area (Å²) in [5.41, 5.74) is 0. The number of nitrogens with one attached hydrogen (secondary N) is 1. The summed E-state index contributed by atoms with van der Waals surface area (Å²) in [6, 6.07) is 1.86. The minimum Gasteiger partial charge on any atom is -0.480 e. The topological polar surface area (TPSA) is 87.5 Å². The molecule has 2 N–H and O–H groups in total. The summed E-state index contributed by atoms with van der Waals surface area (Å²) < 4.78 is 1.71. The Hall–Kier alpha value is -1.89. The third-order valence-corrected chi connectivity index (χ3v) is 2.78. The van der Waals surface area contributed by atoms with Gasteiger partial charge in [0, 0.05) is 18.7 Å². The van der Waals surface area contributed by atoms with Crippen LogP contribution in [0, 0.1) is 5.92 Å². The van der Waals surface area contributed by atoms with Crippen LogP contribution in [0.4, 0.5) is 5.82 Å². The number of carboxylic acid groups (broad SMARTS) is 1. The molecule has 0 spiro atoms. The van der Waals surface area contributed by atoms with E-state index < -0.39 is 5.97 Å². The lowest BCUT2D eigenvalue weighted by molar-refractivity contribution is -0.138. The van der Waals surface area contributed by atoms with Crippen LogP contribution in [0.1, 0.15) is 33.7 Å². The minimum atomic E-state index is -0.935. The van der Waals surface area contributed by atoms with Gasteiger partial charge in [0.05, 0.1) is 19.3 Å². The molecular weight excluding hydrogens is 272 g/mol. The Labute approximate surface area is 124 Å². The van der Waals surface area contributed by atoms with Crippen LogP contribution < -0.4 is 5.32 Å². The van der Waals surface area contributed by atoms with Crippen molar-refractivity contribution in [1.82, 2.24) is 14.7 Å². The number of aliphatic carboxylic acids is 1. The average molecular weight is 296 g/mol. The van der Waals surface area contributed by atoms with E-state index in [0.29, 0.717) is 18.3 Å². The predicted molar refractivity (Wildman–Crippen MR) is 80.2 cm³/mol. The monoisotopic (exact) mass is 296 g/mol. The number of carbonyl (C=O) groups is 2. The summed E-state index contributed by atoms with van der Waals surface area (Å²) in [5.74, 6) is -0.261. The quantitative estimate of drug-likeness (QED) is 0.758. The Morgan fingerprint density at radius 1 is 1.33 bits per heavy atom. The Balaban J connectivity index is 2.64. The lowest BCUT2D eigenvalue weighted by atomic mass is 10.2. The smallest absolute Gasteiger partial charge is 0.317 e. The van der Waals surface area contributed by atoms with E-state index >= 15 is 0 Å². The number of amides is 1. The summed E-state index contributed by atoms with van der Waals surface area (Å²) in [6.07, 6.45) is 1.62. The van der Waals surface area contributed by atoms with Gasteiger partial charge in [-0.25, -0.2) is 4.68 Å². The fourth-order valence-corrected chi connectivity index (χ4v) is 2.10. The van der Waals surface area contributed by atoms with Gasteiger partial charge in [0.1, 0.15) is 5.82 Å². The highest BCUT2D eigenvalue weighted by Gasteiger charge is 2.16. The molecule has 1 aromatic heterocycles. The van der Waals surface area contributed by atoms with Crippen LogP contribution in [-0.2, 0) is 9.59 Å². The summed E-state index contributed by atoms with van der Waals surface area (Å²) in [4.78, 5) is 24.5. The maximum absolute atomic E-state index is 12.1. The molecule has 1 aromatic rings. The van der Waals surface area contributed by atoms with Crippen LogP contribution in [-0.4, -0.2) is 51.3 Å². The molecule has 7 nitrogen and oxygen atoms in total. The third-order valence-electron chi connectivity index (χ3n) is 2.78. The van der Waals surface area contributed by atoms with E-state index in [1.165, 1.54) is 0 Å². The molecule has 0 aliphatic rings. The van der Waals surface area contributed by atoms with Crippen molar-refractivity contribution < 1.29 is 14.7 Å². The van der Waals surface area contributed by atoms with Crippen molar-refractivity contribution >= 4 is 17.7 Å². The molecule has 0 aromatic carbocycles. The van der Waals surface area contributed by atoms with Crippen LogP contribution >= 0.6 is 0 Å². The second-order valence-corrected chi connectivity index (χ2v) is 5.76. The third kappa shape index (κ3) is 5.95. The molecule has 0 aliphatic carbocycles. The van der Waals surface area contributed by atoms with E-state index in [2.05, 4.69) is 10.4 Å². The molecule has 0 aliphatic heterocycles. The lowest BCUT2D eigenvalue weighted by Gasteiger charge is -2.22. The van der Waals surface area contributed by atoms with E-state index in [-0.39, 0.29) is 25.0 Å². The minimum absolute atomic E-state index is 0.0494. The molecule has 0 fully saturated rings. The van der Waals surface area contributed by atoms with Crippen molar-refractivity contribution in [2.75, 3.05) is 25.0 Å². The molecule has 0 radical (unpaired) electrons. The molecule has 0 saturated carbocycles. The number of aromatic nitrogens is 2. The number of hydrogen-bond acceptors (Lipinski definition) is 4. The van der Waals surface area contributed by atoms with Gasteiger partial charge in [-0.1, -0.05) is 13.8 Å². The summed E-state index contributed by atoms with van der Waals surface area (Å²) >= 11 is 0. The zero-order valence-electron chi connectivity index (χ0n) is 13.0. The van der Waals surface area contributed by atoms with Crippen LogP contribution in [0.3, 0.4) is 0 Å². The molecule has 0 bridgehead atoms. The number of hydrogen-bond donors (Lipinski definition) is 2. The van der Waals surface area contributed by atoms with Gasteiger partial charge in [0.15, 0.2) is 0 Å². The van der Waals surface area contributed by atoms with Crippen LogP contribution in [0.15, 0.2) is 12.3 Å². The number of anilines is 1. The van der Waals surface area contributed by atoms with E-state index in [4.69, 9.17) is 5.11 Å². The number of carboxylic acids is 1. The zero-order chi connectivity index (χ0) is 16.0. The van der Waals surface area contributed by atoms with Gasteiger partial charge < -0.3 is 10.4 Å². The van der Waals surface area contributed by atoms with Crippen molar-refractivity contribution in [2.24, 2.45) is 5.92 Å². The molecule has 0 atom stereocenters. The number of carbonyl (C=O) groups excluding carboxylic acids is 1. The molecular formula is C14H24N4O3. The molecule has 21 heavy (non-hydrogen) atoms. The van der Waals surface area contributed by atoms with E-state index in [1.807, 2.05) is 27.7 Å². The average Bonchev–Trinajstić information content (AvgIpc) is 2.74. The van der Waals surface area contributed by atoms with Crippen molar-refractivity contribution in [3.8, 4) is 0 Å². The second-order valence-electron chi connectivity index (χ2n) is 5.76. The Morgan fingerprint density at radius 3 is 2.52 bits per heavy atom. The van der Waals surface area contributed by atoms with Gasteiger partial charge in [-0.05, 0) is 19.8 Å². The zero-order valence-corrected chi connectivity index (χ0v) is 13.0. The Bertz CT molecular complexity index is 482. The first-order valence-corrected chi connectivity index (χ1v) is 7.07. The summed E-state index contributed by atoms with van der Waals surface area (Å²) in [7, 11) is 0. The van der Waals surface area contributed by atoms with E-state index in [1.54, 1.807) is 21.8 Å². The fraction of sp³-hybridized carbons (Fsp3) is 0.643. The standard InChI is InChI=1S/C14H24N4O3/c1-10(2)7-17(9-14(20)21)8-13(19)16-12-5-6-15-18(12)11(3)4/h5-6,10-11H,7-9H2,1-4H3,(H,16,19)(H,20,21). The lowest BCUT2D eigenvalue weighted by Crippen LogP contribution is -2.39. The molecule has 1 heterocycles. The molecule has 0 saturated heterocycles. The van der Waals surface area contributed by atoms with Gasteiger partial charge in [0.2, 0.25) is 5.91 Å². The van der Waals surface area contributed by atoms with Crippen molar-refractivity contribution in [3.05, 3.63) is 12.3 Å². The SMILES string of the molecule is CC(C)CN(CC(=O)O)CC(=O)Nc1ccnn1C(C)C. The highest BCUT2D eigenvalue weighted by atomic mass is 16.4. The van der Waals surface area contributed by atoms with Crippen LogP contribution in [0.2, 0.25) is 0 Å². The van der Waals surface area contributed by atoms with Gasteiger partial charge in [-0.3, -0.25) is 14.5 Å². The number of rotatable bonds is 8. The van der Waals surface area contributed by atoms with E-state index in [9.17, 15) is 9.59 Å². The number of nitrogens with zero attached hydrogens (tertiary/aromatic N) is 3. The summed E-state index contributed by atoms with van der Waals surface area (Å²) in [6.45, 7) is 8.38. The van der Waals surface area contributed by atoms with Gasteiger partial charge in [0.25, 0.3) is 0 Å². The maximum Gasteiger partial charge on any atom is 0.317 e. The predicted octanol–water partition coefficient (Wildman–Crippen LogP) is 1.45. The highest BCUT2D eigenvalue weighted by molar-refractivity contribution is 5.91. The fourth-order valence-electron chi connectivity index (χ4n) is 2.10. The van der Waals surface area contributed by atoms with Crippen molar-refractivity contribution in [1.29, 1.82) is 0 Å². The van der Waals surface area contributed by atoms with Crippen LogP contribution in [0.5, 0.6) is 0 Å². The second kappa shape index (κ2) is 7.78. The normalized spacial score (nSPS) is 11.4. The largest absolute Gasteiger partial charge is 0.480 e. The highest BCUT2D eigenvalue weighted by Crippen LogP contribution is 2.13. The Kier molecular flexibility index (Phi) is 6.36. The molecule has 1 rings (SSSR count). The summed E-state index contributed by atoms with van der Waals surface area (Å²) in [5, 5.41) is 15.8. The van der Waals surface area contributed by atoms with Gasteiger partial charge in [-0.15, -0.1) is 0 Å². The molecule has 0 unspecified atom stereocenters. The molecule has 7 heteroatoms. The maximum atomic E-state index is 12.1. The molecule has 118 valence electrons. The van der Waals surface area contributed by atoms with E-state index in [0.717, 1.165) is 0 Å². The van der Waals surface area contributed by atoms with Crippen LogP contribution in [0.25, 0.3) is 0 Å². The molecule has 1 amide bonds.